The first kappa shape index (κ1) is 30.2. The van der Waals surface area contributed by atoms with Crippen molar-refractivity contribution in [1.29, 1.82) is 0 Å². The molecule has 0 unspecified atom stereocenters. The summed E-state index contributed by atoms with van der Waals surface area (Å²) in [6.07, 6.45) is -2.72. The van der Waals surface area contributed by atoms with E-state index in [1.807, 2.05) is 0 Å². The minimum absolute atomic E-state index is 0. The average Bonchev–Trinajstić information content (AvgIpc) is 1.82. The summed E-state index contributed by atoms with van der Waals surface area (Å²) in [4.78, 5) is 30.0. The van der Waals surface area contributed by atoms with Crippen molar-refractivity contribution in [3.8, 4) is 0 Å². The number of hydrogen-bond acceptors (Lipinski definition) is 7. The third-order valence-corrected chi connectivity index (χ3v) is 1.25. The number of aliphatic carboxylic acids is 3. The van der Waals surface area contributed by atoms with Crippen LogP contribution in [0.3, 0.4) is 0 Å². The zero-order valence-corrected chi connectivity index (χ0v) is 12.7. The molecule has 0 atom stereocenters. The maximum atomic E-state index is 10.1. The van der Waals surface area contributed by atoms with E-state index in [0.29, 0.717) is 0 Å². The van der Waals surface area contributed by atoms with Crippen molar-refractivity contribution in [2.45, 2.75) is 18.4 Å². The Morgan fingerprint density at radius 2 is 1.18 bits per heavy atom. The average molecular weight is 344 g/mol. The molecule has 0 radical (unpaired) electrons. The van der Waals surface area contributed by atoms with Gasteiger partial charge in [-0.3, -0.25) is 0 Å². The number of carboxylic acid groups (broad SMARTS) is 3. The second-order valence-electron chi connectivity index (χ2n) is 2.42. The van der Waals surface area contributed by atoms with E-state index in [2.05, 4.69) is 0 Å². The van der Waals surface area contributed by atoms with Gasteiger partial charge < -0.3 is 45.8 Å². The van der Waals surface area contributed by atoms with Crippen LogP contribution in [0.5, 0.6) is 0 Å². The molecule has 5 N–H and O–H groups in total. The van der Waals surface area contributed by atoms with Crippen molar-refractivity contribution in [3.05, 3.63) is 0 Å². The van der Waals surface area contributed by atoms with Crippen LogP contribution < -0.4 is 44.9 Å². The SMILES string of the molecule is O.O.O=C([O-])CC(O)(CC(=O)[O-])C(=O)[O-].[Mo+4].[Na+]. The Labute approximate surface area is 132 Å². The Bertz CT molecular complexity index is 240. The molecular weight excluding hydrogens is 335 g/mol. The van der Waals surface area contributed by atoms with Gasteiger partial charge in [0, 0.05) is 24.8 Å². The summed E-state index contributed by atoms with van der Waals surface area (Å²) in [5.74, 6) is -5.98. The smallest absolute Gasteiger partial charge is 0.550 e. The first-order valence-electron chi connectivity index (χ1n) is 3.11. The van der Waals surface area contributed by atoms with Crippen LogP contribution in [0.15, 0.2) is 0 Å². The number of carbonyl (C=O) groups excluding carboxylic acids is 3. The summed E-state index contributed by atoms with van der Waals surface area (Å²) in [5.41, 5.74) is -2.97. The summed E-state index contributed by atoms with van der Waals surface area (Å²) >= 11 is 0. The molecule has 0 aliphatic heterocycles. The Morgan fingerprint density at radius 3 is 1.29 bits per heavy atom. The molecule has 0 saturated heterocycles. The first-order chi connectivity index (χ1) is 5.78. The number of carboxylic acids is 3. The van der Waals surface area contributed by atoms with Gasteiger partial charge in [-0.2, -0.15) is 0 Å². The molecule has 0 aromatic heterocycles. The van der Waals surface area contributed by atoms with Gasteiger partial charge in [-0.25, -0.2) is 0 Å². The molecule has 0 fully saturated rings. The van der Waals surface area contributed by atoms with Gasteiger partial charge >= 0.3 is 50.6 Å². The number of aliphatic hydroxyl groups is 1. The molecule has 11 heteroatoms. The summed E-state index contributed by atoms with van der Waals surface area (Å²) in [7, 11) is 0. The Balaban J connectivity index is -0.000000120. The zero-order chi connectivity index (χ0) is 10.6. The molecule has 92 valence electrons. The van der Waals surface area contributed by atoms with Crippen LogP contribution in [0.1, 0.15) is 12.8 Å². The second kappa shape index (κ2) is 12.4. The van der Waals surface area contributed by atoms with Gasteiger partial charge in [0.15, 0.2) is 0 Å². The third-order valence-electron chi connectivity index (χ3n) is 1.25. The van der Waals surface area contributed by atoms with E-state index in [1.54, 1.807) is 0 Å². The van der Waals surface area contributed by atoms with Crippen LogP contribution in [-0.4, -0.2) is 39.6 Å². The van der Waals surface area contributed by atoms with Crippen molar-refractivity contribution in [2.75, 3.05) is 0 Å². The third kappa shape index (κ3) is 12.2. The van der Waals surface area contributed by atoms with Crippen molar-refractivity contribution in [3.63, 3.8) is 0 Å². The van der Waals surface area contributed by atoms with Crippen LogP contribution in [0.2, 0.25) is 0 Å². The zero-order valence-electron chi connectivity index (χ0n) is 8.72. The molecule has 0 spiro atoms. The molecular formula is C6H9MoNaO9+2. The molecule has 0 aliphatic rings. The predicted molar refractivity (Wildman–Crippen MR) is 36.4 cm³/mol. The van der Waals surface area contributed by atoms with E-state index >= 15 is 0 Å². The van der Waals surface area contributed by atoms with Crippen LogP contribution in [0.25, 0.3) is 0 Å². The molecule has 9 nitrogen and oxygen atoms in total. The van der Waals surface area contributed by atoms with Gasteiger partial charge in [-0.15, -0.1) is 0 Å². The monoisotopic (exact) mass is 346 g/mol. The summed E-state index contributed by atoms with van der Waals surface area (Å²) in [6, 6.07) is 0. The molecule has 0 bridgehead atoms. The van der Waals surface area contributed by atoms with Crippen LogP contribution in [0, 0.1) is 0 Å². The summed E-state index contributed by atoms with van der Waals surface area (Å²) in [5, 5.41) is 38.9. The van der Waals surface area contributed by atoms with E-state index in [0.717, 1.165) is 0 Å². The first-order valence-corrected chi connectivity index (χ1v) is 3.11. The van der Waals surface area contributed by atoms with Crippen LogP contribution in [-0.2, 0) is 35.4 Å². The van der Waals surface area contributed by atoms with Crippen LogP contribution >= 0.6 is 0 Å². The summed E-state index contributed by atoms with van der Waals surface area (Å²) in [6.45, 7) is 0. The molecule has 0 aromatic carbocycles. The molecule has 0 heterocycles. The summed E-state index contributed by atoms with van der Waals surface area (Å²) < 4.78 is 0. The Kier molecular flexibility index (Phi) is 22.1. The maximum Gasteiger partial charge on any atom is 4.00 e. The van der Waals surface area contributed by atoms with Gasteiger partial charge in [-0.1, -0.05) is 0 Å². The van der Waals surface area contributed by atoms with E-state index < -0.39 is 36.4 Å². The molecule has 0 aromatic rings. The topological polar surface area (TPSA) is 204 Å². The predicted octanol–water partition coefficient (Wildman–Crippen LogP) is -9.90. The number of carbonyl (C=O) groups is 3. The van der Waals surface area contributed by atoms with Gasteiger partial charge in [0.1, 0.15) is 5.60 Å². The fourth-order valence-corrected chi connectivity index (χ4v) is 0.684. The van der Waals surface area contributed by atoms with Crippen molar-refractivity contribution in [2.24, 2.45) is 0 Å². The van der Waals surface area contributed by atoms with Gasteiger partial charge in [0.05, 0.1) is 5.97 Å². The largest absolute Gasteiger partial charge is 4.00 e. The van der Waals surface area contributed by atoms with E-state index in [4.69, 9.17) is 5.11 Å². The minimum atomic E-state index is -2.97. The van der Waals surface area contributed by atoms with Gasteiger partial charge in [-0.05, 0) is 0 Å². The van der Waals surface area contributed by atoms with Crippen molar-refractivity contribution in [1.82, 2.24) is 0 Å². The molecule has 0 rings (SSSR count). The maximum absolute atomic E-state index is 10.1. The normalized spacial score (nSPS) is 8.29. The van der Waals surface area contributed by atoms with Gasteiger partial charge in [0.2, 0.25) is 0 Å². The number of rotatable bonds is 5. The van der Waals surface area contributed by atoms with Crippen molar-refractivity contribution < 1.29 is 96.4 Å². The standard InChI is InChI=1S/C6H8O7.Mo.Na.2H2O/c7-3(8)1-6(13,5(11)12)2-4(9)10;;;;/h13H,1-2H2,(H,7,8)(H,9,10)(H,11,12);;;2*1H2/q;+4;+1;;/p-3. The fourth-order valence-electron chi connectivity index (χ4n) is 0.684. The second-order valence-corrected chi connectivity index (χ2v) is 2.42. The Morgan fingerprint density at radius 1 is 0.941 bits per heavy atom. The molecule has 17 heavy (non-hydrogen) atoms. The van der Waals surface area contributed by atoms with E-state index in [1.165, 1.54) is 0 Å². The molecule has 0 saturated carbocycles. The van der Waals surface area contributed by atoms with E-state index in [-0.39, 0.29) is 61.6 Å². The van der Waals surface area contributed by atoms with Crippen molar-refractivity contribution >= 4 is 17.9 Å². The number of hydrogen-bond donors (Lipinski definition) is 1. The molecule has 0 amide bonds. The minimum Gasteiger partial charge on any atom is -0.550 e. The quantitative estimate of drug-likeness (QED) is 0.476. The fraction of sp³-hybridized carbons (Fsp3) is 0.500. The van der Waals surface area contributed by atoms with E-state index in [9.17, 15) is 29.7 Å². The molecule has 0 aliphatic carbocycles. The van der Waals surface area contributed by atoms with Gasteiger partial charge in [0.25, 0.3) is 0 Å². The van der Waals surface area contributed by atoms with Crippen LogP contribution in [0.4, 0.5) is 0 Å². The Hall–Kier alpha value is -0.0217.